The van der Waals surface area contributed by atoms with Crippen molar-refractivity contribution in [2.45, 2.75) is 17.0 Å². The van der Waals surface area contributed by atoms with Crippen LogP contribution in [0.2, 0.25) is 0 Å². The van der Waals surface area contributed by atoms with E-state index in [2.05, 4.69) is 0 Å². The molecule has 64 valence electrons. The van der Waals surface area contributed by atoms with Crippen LogP contribution in [0.25, 0.3) is 0 Å². The molecule has 0 aromatic heterocycles. The second-order valence-electron chi connectivity index (χ2n) is 2.06. The molecule has 0 aliphatic carbocycles. The number of nitrogens with zero attached hydrogens (tertiary/aromatic N) is 1. The summed E-state index contributed by atoms with van der Waals surface area (Å²) in [6.45, 7) is 2.12. The zero-order valence-corrected chi connectivity index (χ0v) is 8.12. The summed E-state index contributed by atoms with van der Waals surface area (Å²) in [7, 11) is -1.45. The second kappa shape index (κ2) is 3.29. The van der Waals surface area contributed by atoms with Gasteiger partial charge in [0.25, 0.3) is 5.91 Å². The predicted octanol–water partition coefficient (Wildman–Crippen LogP) is 0.684. The summed E-state index contributed by atoms with van der Waals surface area (Å²) < 4.78 is 11.6. The second-order valence-corrected chi connectivity index (χ2v) is 4.76. The van der Waals surface area contributed by atoms with Gasteiger partial charge in [-0.2, -0.15) is 0 Å². The van der Waals surface area contributed by atoms with Crippen molar-refractivity contribution in [1.82, 2.24) is 4.31 Å². The van der Waals surface area contributed by atoms with Crippen molar-refractivity contribution in [3.8, 4) is 0 Å². The summed E-state index contributed by atoms with van der Waals surface area (Å²) >= 11 is 11.2. The number of rotatable bonds is 1. The first kappa shape index (κ1) is 9.29. The number of carbonyl (C=O) groups is 1. The summed E-state index contributed by atoms with van der Waals surface area (Å²) in [4.78, 5) is 11.1. The Balaban J connectivity index is 2.86. The van der Waals surface area contributed by atoms with E-state index in [1.807, 2.05) is 0 Å². The Kier molecular flexibility index (Phi) is 2.78. The van der Waals surface area contributed by atoms with Gasteiger partial charge in [-0.1, -0.05) is 0 Å². The molecule has 6 heteroatoms. The van der Waals surface area contributed by atoms with Gasteiger partial charge in [0, 0.05) is 6.54 Å². The molecule has 0 aromatic carbocycles. The quantitative estimate of drug-likeness (QED) is 0.604. The molecular formula is C5H7Cl2NO2S. The number of alkyl halides is 2. The zero-order valence-electron chi connectivity index (χ0n) is 5.79. The molecule has 1 aliphatic heterocycles. The molecule has 1 saturated heterocycles. The molecule has 1 heterocycles. The summed E-state index contributed by atoms with van der Waals surface area (Å²) in [5.74, 6) is -0.340. The fraction of sp³-hybridized carbons (Fsp3) is 0.800. The molecule has 0 spiro atoms. The molecule has 1 amide bonds. The molecule has 11 heavy (non-hydrogen) atoms. The van der Waals surface area contributed by atoms with Crippen LogP contribution in [0, 0.1) is 0 Å². The Bertz CT molecular complexity index is 191. The third kappa shape index (κ3) is 1.39. The average Bonchev–Trinajstić information content (AvgIpc) is 2.17. The van der Waals surface area contributed by atoms with Crippen molar-refractivity contribution in [1.29, 1.82) is 0 Å². The average molecular weight is 216 g/mol. The molecule has 1 fully saturated rings. The van der Waals surface area contributed by atoms with E-state index in [4.69, 9.17) is 23.2 Å². The van der Waals surface area contributed by atoms with Crippen LogP contribution in [0.15, 0.2) is 0 Å². The number of carbonyl (C=O) groups excluding carboxylic acids is 1. The molecule has 0 bridgehead atoms. The SMILES string of the molecule is CCN1C(=O)C(Cl)C(Cl)S1=O. The smallest absolute Gasteiger partial charge is 0.254 e. The first-order chi connectivity index (χ1) is 5.09. The van der Waals surface area contributed by atoms with Crippen molar-refractivity contribution in [3.63, 3.8) is 0 Å². The molecule has 3 nitrogen and oxygen atoms in total. The lowest BCUT2D eigenvalue weighted by atomic mass is 10.4. The Morgan fingerprint density at radius 3 is 2.36 bits per heavy atom. The molecule has 0 N–H and O–H groups in total. The maximum absolute atomic E-state index is 11.2. The summed E-state index contributed by atoms with van der Waals surface area (Å²) in [6.07, 6.45) is 0. The van der Waals surface area contributed by atoms with Crippen LogP contribution in [-0.4, -0.2) is 31.1 Å². The third-order valence-corrected chi connectivity index (χ3v) is 4.37. The number of amides is 1. The Morgan fingerprint density at radius 1 is 1.64 bits per heavy atom. The van der Waals surface area contributed by atoms with Crippen LogP contribution in [0.3, 0.4) is 0 Å². The van der Waals surface area contributed by atoms with E-state index in [1.165, 1.54) is 4.31 Å². The van der Waals surface area contributed by atoms with E-state index < -0.39 is 21.1 Å². The normalized spacial score (nSPS) is 38.3. The monoisotopic (exact) mass is 215 g/mol. The van der Waals surface area contributed by atoms with Crippen molar-refractivity contribution < 1.29 is 9.00 Å². The highest BCUT2D eigenvalue weighted by Gasteiger charge is 2.43. The first-order valence-corrected chi connectivity index (χ1v) is 5.14. The van der Waals surface area contributed by atoms with Gasteiger partial charge in [0.1, 0.15) is 16.4 Å². The molecule has 0 saturated carbocycles. The Morgan fingerprint density at radius 2 is 2.18 bits per heavy atom. The van der Waals surface area contributed by atoms with E-state index in [9.17, 15) is 9.00 Å². The van der Waals surface area contributed by atoms with E-state index in [0.717, 1.165) is 0 Å². The van der Waals surface area contributed by atoms with Crippen LogP contribution in [0.5, 0.6) is 0 Å². The van der Waals surface area contributed by atoms with Gasteiger partial charge in [-0.05, 0) is 6.92 Å². The van der Waals surface area contributed by atoms with Crippen LogP contribution in [0.1, 0.15) is 6.92 Å². The number of hydrogen-bond acceptors (Lipinski definition) is 2. The zero-order chi connectivity index (χ0) is 8.59. The van der Waals surface area contributed by atoms with Gasteiger partial charge in [-0.25, -0.2) is 4.21 Å². The predicted molar refractivity (Wildman–Crippen MR) is 44.8 cm³/mol. The largest absolute Gasteiger partial charge is 0.272 e. The van der Waals surface area contributed by atoms with Gasteiger partial charge >= 0.3 is 0 Å². The van der Waals surface area contributed by atoms with Crippen molar-refractivity contribution >= 4 is 40.1 Å². The van der Waals surface area contributed by atoms with Crippen LogP contribution < -0.4 is 0 Å². The lowest BCUT2D eigenvalue weighted by Crippen LogP contribution is -2.27. The third-order valence-electron chi connectivity index (χ3n) is 1.41. The number of halogens is 2. The van der Waals surface area contributed by atoms with E-state index in [1.54, 1.807) is 6.92 Å². The minimum absolute atomic E-state index is 0.340. The van der Waals surface area contributed by atoms with E-state index in [0.29, 0.717) is 6.54 Å². The maximum atomic E-state index is 11.2. The Labute approximate surface area is 77.2 Å². The minimum Gasteiger partial charge on any atom is -0.272 e. The standard InChI is InChI=1S/C5H7Cl2NO2S/c1-2-8-5(9)3(6)4(7)11(8)10/h3-4H,2H2,1H3. The summed E-state index contributed by atoms with van der Waals surface area (Å²) in [6, 6.07) is 0. The summed E-state index contributed by atoms with van der Waals surface area (Å²) in [5, 5.41) is -0.836. The van der Waals surface area contributed by atoms with Crippen molar-refractivity contribution in [2.24, 2.45) is 0 Å². The van der Waals surface area contributed by atoms with Gasteiger partial charge in [0.2, 0.25) is 0 Å². The van der Waals surface area contributed by atoms with Crippen molar-refractivity contribution in [3.05, 3.63) is 0 Å². The van der Waals surface area contributed by atoms with Gasteiger partial charge in [0.05, 0.1) is 0 Å². The van der Waals surface area contributed by atoms with Gasteiger partial charge in [-0.15, -0.1) is 23.2 Å². The molecule has 1 rings (SSSR count). The van der Waals surface area contributed by atoms with Gasteiger partial charge in [0.15, 0.2) is 4.71 Å². The Hall–Kier alpha value is 0.200. The van der Waals surface area contributed by atoms with Crippen LogP contribution in [0.4, 0.5) is 0 Å². The fourth-order valence-electron chi connectivity index (χ4n) is 0.845. The lowest BCUT2D eigenvalue weighted by molar-refractivity contribution is -0.124. The van der Waals surface area contributed by atoms with E-state index in [-0.39, 0.29) is 5.91 Å². The van der Waals surface area contributed by atoms with Gasteiger partial charge < -0.3 is 0 Å². The molecule has 0 aromatic rings. The summed E-state index contributed by atoms with van der Waals surface area (Å²) in [5.41, 5.74) is 0. The highest BCUT2D eigenvalue weighted by molar-refractivity contribution is 7.86. The highest BCUT2D eigenvalue weighted by atomic mass is 35.5. The topological polar surface area (TPSA) is 37.4 Å². The highest BCUT2D eigenvalue weighted by Crippen LogP contribution is 2.26. The lowest BCUT2D eigenvalue weighted by Gasteiger charge is -2.09. The molecule has 3 atom stereocenters. The number of hydrogen-bond donors (Lipinski definition) is 0. The minimum atomic E-state index is -1.45. The molecule has 0 radical (unpaired) electrons. The molecule has 1 aliphatic rings. The van der Waals surface area contributed by atoms with Gasteiger partial charge in [-0.3, -0.25) is 9.10 Å². The molecular weight excluding hydrogens is 209 g/mol. The van der Waals surface area contributed by atoms with Crippen LogP contribution >= 0.6 is 23.2 Å². The fourth-order valence-corrected chi connectivity index (χ4v) is 2.79. The van der Waals surface area contributed by atoms with Crippen LogP contribution in [-0.2, 0) is 15.8 Å². The first-order valence-electron chi connectivity index (χ1n) is 3.09. The van der Waals surface area contributed by atoms with E-state index >= 15 is 0 Å². The maximum Gasteiger partial charge on any atom is 0.254 e. The van der Waals surface area contributed by atoms with Crippen molar-refractivity contribution in [2.75, 3.05) is 6.54 Å². The molecule has 3 unspecified atom stereocenters.